The lowest BCUT2D eigenvalue weighted by molar-refractivity contribution is -0.143. The molecule has 1 N–H and O–H groups in total. The van der Waals surface area contributed by atoms with E-state index in [-0.39, 0.29) is 11.1 Å². The van der Waals surface area contributed by atoms with Crippen molar-refractivity contribution >= 4 is 11.9 Å². The minimum absolute atomic E-state index is 0.165. The van der Waals surface area contributed by atoms with Crippen LogP contribution in [0.2, 0.25) is 0 Å². The number of hydrogen-bond acceptors (Lipinski definition) is 4. The smallest absolute Gasteiger partial charge is 0.333 e. The van der Waals surface area contributed by atoms with Crippen LogP contribution in [0.5, 0.6) is 0 Å². The average Bonchev–Trinajstić information content (AvgIpc) is 2.52. The van der Waals surface area contributed by atoms with Crippen molar-refractivity contribution in [2.24, 2.45) is 0 Å². The lowest BCUT2D eigenvalue weighted by Crippen LogP contribution is -2.35. The number of pyridine rings is 1. The molecule has 120 valence electrons. The maximum Gasteiger partial charge on any atom is 0.333 e. The molecule has 5 nitrogen and oxygen atoms in total. The van der Waals surface area contributed by atoms with E-state index >= 15 is 0 Å². The Morgan fingerprint density at radius 3 is 2.48 bits per heavy atom. The highest BCUT2D eigenvalue weighted by Crippen LogP contribution is 2.20. The van der Waals surface area contributed by atoms with E-state index in [1.807, 2.05) is 0 Å². The Bertz CT molecular complexity index is 752. The van der Waals surface area contributed by atoms with Crippen LogP contribution in [-0.2, 0) is 9.53 Å². The van der Waals surface area contributed by atoms with E-state index in [2.05, 4.69) is 15.0 Å². The van der Waals surface area contributed by atoms with Gasteiger partial charge in [-0.25, -0.2) is 18.0 Å². The SMILES string of the molecule is COC(=O)C(NC(=O)c1cncc(F)c1)c1ccc(F)cc1F. The summed E-state index contributed by atoms with van der Waals surface area (Å²) in [5.41, 5.74) is -0.447. The average molecular weight is 324 g/mol. The number of rotatable bonds is 4. The van der Waals surface area contributed by atoms with Crippen LogP contribution in [0.25, 0.3) is 0 Å². The van der Waals surface area contributed by atoms with Crippen LogP contribution in [0.15, 0.2) is 36.7 Å². The van der Waals surface area contributed by atoms with Gasteiger partial charge in [-0.3, -0.25) is 9.78 Å². The van der Waals surface area contributed by atoms with Gasteiger partial charge in [-0.05, 0) is 12.1 Å². The number of hydrogen-bond donors (Lipinski definition) is 1. The summed E-state index contributed by atoms with van der Waals surface area (Å²) in [7, 11) is 1.05. The third-order valence-electron chi connectivity index (χ3n) is 2.95. The van der Waals surface area contributed by atoms with Gasteiger partial charge in [0.25, 0.3) is 5.91 Å². The first-order chi connectivity index (χ1) is 10.9. The first-order valence-corrected chi connectivity index (χ1v) is 6.36. The molecule has 2 rings (SSSR count). The van der Waals surface area contributed by atoms with Crippen molar-refractivity contribution in [1.82, 2.24) is 10.3 Å². The van der Waals surface area contributed by atoms with Crippen molar-refractivity contribution < 1.29 is 27.5 Å². The molecule has 8 heteroatoms. The van der Waals surface area contributed by atoms with Gasteiger partial charge in [0.2, 0.25) is 0 Å². The minimum atomic E-state index is -1.52. The fourth-order valence-electron chi connectivity index (χ4n) is 1.87. The molecule has 0 fully saturated rings. The quantitative estimate of drug-likeness (QED) is 0.875. The molecule has 1 amide bonds. The molecule has 0 aliphatic rings. The molecule has 0 aliphatic carbocycles. The van der Waals surface area contributed by atoms with Crippen LogP contribution < -0.4 is 5.32 Å². The van der Waals surface area contributed by atoms with Crippen molar-refractivity contribution in [3.63, 3.8) is 0 Å². The molecule has 0 radical (unpaired) electrons. The largest absolute Gasteiger partial charge is 0.467 e. The first kappa shape index (κ1) is 16.5. The lowest BCUT2D eigenvalue weighted by atomic mass is 10.1. The Morgan fingerprint density at radius 1 is 1.13 bits per heavy atom. The Balaban J connectivity index is 2.32. The lowest BCUT2D eigenvalue weighted by Gasteiger charge is -2.17. The Morgan fingerprint density at radius 2 is 1.87 bits per heavy atom. The number of carbonyl (C=O) groups is 2. The zero-order valence-electron chi connectivity index (χ0n) is 11.8. The summed E-state index contributed by atoms with van der Waals surface area (Å²) in [6.07, 6.45) is 1.97. The van der Waals surface area contributed by atoms with E-state index in [9.17, 15) is 22.8 Å². The van der Waals surface area contributed by atoms with Crippen LogP contribution in [0.1, 0.15) is 22.0 Å². The highest BCUT2D eigenvalue weighted by atomic mass is 19.1. The summed E-state index contributed by atoms with van der Waals surface area (Å²) in [4.78, 5) is 27.4. The Kier molecular flexibility index (Phi) is 4.95. The van der Waals surface area contributed by atoms with Crippen molar-refractivity contribution in [2.75, 3.05) is 7.11 Å². The van der Waals surface area contributed by atoms with E-state index in [0.717, 1.165) is 37.7 Å². The number of esters is 1. The van der Waals surface area contributed by atoms with Crippen molar-refractivity contribution in [2.45, 2.75) is 6.04 Å². The van der Waals surface area contributed by atoms with Crippen LogP contribution in [0.3, 0.4) is 0 Å². The van der Waals surface area contributed by atoms with Crippen molar-refractivity contribution in [3.8, 4) is 0 Å². The van der Waals surface area contributed by atoms with Gasteiger partial charge < -0.3 is 10.1 Å². The molecule has 1 atom stereocenters. The number of carbonyl (C=O) groups excluding carboxylic acids is 2. The monoisotopic (exact) mass is 324 g/mol. The molecule has 0 saturated carbocycles. The second-order valence-electron chi connectivity index (χ2n) is 4.49. The van der Waals surface area contributed by atoms with Gasteiger partial charge in [0, 0.05) is 17.8 Å². The molecular weight excluding hydrogens is 313 g/mol. The highest BCUT2D eigenvalue weighted by molar-refractivity contribution is 5.96. The highest BCUT2D eigenvalue weighted by Gasteiger charge is 2.27. The molecule has 0 bridgehead atoms. The zero-order chi connectivity index (χ0) is 17.0. The number of amides is 1. The molecule has 0 spiro atoms. The molecule has 23 heavy (non-hydrogen) atoms. The van der Waals surface area contributed by atoms with Gasteiger partial charge in [0.15, 0.2) is 6.04 Å². The number of nitrogens with one attached hydrogen (secondary N) is 1. The van der Waals surface area contributed by atoms with Crippen LogP contribution in [-0.4, -0.2) is 24.0 Å². The summed E-state index contributed by atoms with van der Waals surface area (Å²) in [5.74, 6) is -4.45. The van der Waals surface area contributed by atoms with Gasteiger partial charge in [-0.15, -0.1) is 0 Å². The summed E-state index contributed by atoms with van der Waals surface area (Å²) in [6, 6.07) is 1.90. The second kappa shape index (κ2) is 6.91. The maximum absolute atomic E-state index is 13.8. The van der Waals surface area contributed by atoms with Gasteiger partial charge in [-0.2, -0.15) is 0 Å². The first-order valence-electron chi connectivity index (χ1n) is 6.36. The topological polar surface area (TPSA) is 68.3 Å². The van der Waals surface area contributed by atoms with E-state index in [4.69, 9.17) is 0 Å². The predicted octanol–water partition coefficient (Wildman–Crippen LogP) is 2.14. The molecular formula is C15H11F3N2O3. The number of nitrogens with zero attached hydrogens (tertiary/aromatic N) is 1. The fourth-order valence-corrected chi connectivity index (χ4v) is 1.87. The Labute approximate surface area is 129 Å². The number of methoxy groups -OCH3 is 1. The van der Waals surface area contributed by atoms with Crippen LogP contribution in [0.4, 0.5) is 13.2 Å². The Hall–Kier alpha value is -2.90. The molecule has 1 aromatic carbocycles. The molecule has 1 heterocycles. The van der Waals surface area contributed by atoms with Crippen LogP contribution >= 0.6 is 0 Å². The third kappa shape index (κ3) is 3.85. The maximum atomic E-state index is 13.8. The summed E-state index contributed by atoms with van der Waals surface area (Å²) >= 11 is 0. The summed E-state index contributed by atoms with van der Waals surface area (Å²) in [5, 5.41) is 2.21. The van der Waals surface area contributed by atoms with Gasteiger partial charge in [-0.1, -0.05) is 6.07 Å². The van der Waals surface area contributed by atoms with Gasteiger partial charge >= 0.3 is 5.97 Å². The van der Waals surface area contributed by atoms with Crippen LogP contribution in [0, 0.1) is 17.5 Å². The van der Waals surface area contributed by atoms with Crippen molar-refractivity contribution in [1.29, 1.82) is 0 Å². The van der Waals surface area contributed by atoms with E-state index in [1.165, 1.54) is 0 Å². The minimum Gasteiger partial charge on any atom is -0.467 e. The number of halogens is 3. The number of ether oxygens (including phenoxy) is 1. The predicted molar refractivity (Wildman–Crippen MR) is 72.8 cm³/mol. The van der Waals surface area contributed by atoms with E-state index < -0.39 is 35.4 Å². The number of benzene rings is 1. The molecule has 1 unspecified atom stereocenters. The normalized spacial score (nSPS) is 11.7. The van der Waals surface area contributed by atoms with E-state index in [0.29, 0.717) is 6.07 Å². The zero-order valence-corrected chi connectivity index (χ0v) is 11.8. The molecule has 1 aromatic heterocycles. The van der Waals surface area contributed by atoms with E-state index in [1.54, 1.807) is 0 Å². The summed E-state index contributed by atoms with van der Waals surface area (Å²) < 4.78 is 44.4. The summed E-state index contributed by atoms with van der Waals surface area (Å²) in [6.45, 7) is 0. The fraction of sp³-hybridized carbons (Fsp3) is 0.133. The third-order valence-corrected chi connectivity index (χ3v) is 2.95. The van der Waals surface area contributed by atoms with Gasteiger partial charge in [0.05, 0.1) is 18.9 Å². The van der Waals surface area contributed by atoms with Gasteiger partial charge in [0.1, 0.15) is 17.5 Å². The number of aromatic nitrogens is 1. The second-order valence-corrected chi connectivity index (χ2v) is 4.49. The molecule has 0 saturated heterocycles. The molecule has 0 aliphatic heterocycles. The molecule has 2 aromatic rings. The standard InChI is InChI=1S/C15H11F3N2O3/c1-23-15(22)13(11-3-2-9(16)5-12(11)18)20-14(21)8-4-10(17)7-19-6-8/h2-7,13H,1H3,(H,20,21). The van der Waals surface area contributed by atoms with Crippen molar-refractivity contribution in [3.05, 3.63) is 65.2 Å².